The monoisotopic (exact) mass is 455 g/mol. The lowest BCUT2D eigenvalue weighted by Gasteiger charge is -2.25. The second kappa shape index (κ2) is 8.05. The van der Waals surface area contributed by atoms with E-state index in [1.807, 2.05) is 24.6 Å². The van der Waals surface area contributed by atoms with Crippen molar-refractivity contribution in [1.82, 2.24) is 24.5 Å². The van der Waals surface area contributed by atoms with Gasteiger partial charge < -0.3 is 15.4 Å². The number of esters is 1. The number of aryl methyl sites for hydroxylation is 3. The van der Waals surface area contributed by atoms with Crippen LogP contribution >= 0.6 is 11.3 Å². The molecule has 1 atom stereocenters. The Bertz CT molecular complexity index is 1190. The maximum atomic E-state index is 12.7. The molecular weight excluding hydrogens is 430 g/mol. The number of carbonyl (C=O) groups is 2. The number of thiophene rings is 1. The molecule has 1 saturated carbocycles. The molecule has 2 aliphatic rings. The Morgan fingerprint density at radius 2 is 2.09 bits per heavy atom. The van der Waals surface area contributed by atoms with Crippen molar-refractivity contribution in [1.29, 1.82) is 0 Å². The highest BCUT2D eigenvalue weighted by molar-refractivity contribution is 7.17. The smallest absolute Gasteiger partial charge is 0.341 e. The van der Waals surface area contributed by atoms with E-state index in [0.717, 1.165) is 47.6 Å². The average molecular weight is 456 g/mol. The predicted molar refractivity (Wildman–Crippen MR) is 119 cm³/mol. The van der Waals surface area contributed by atoms with Gasteiger partial charge in [-0.25, -0.2) is 4.79 Å². The van der Waals surface area contributed by atoms with Crippen molar-refractivity contribution in [2.75, 3.05) is 17.7 Å². The molecule has 3 aromatic heterocycles. The molecule has 3 aromatic rings. The fourth-order valence-electron chi connectivity index (χ4n) is 4.21. The van der Waals surface area contributed by atoms with E-state index in [9.17, 15) is 9.59 Å². The largest absolute Gasteiger partial charge is 0.465 e. The molecule has 5 rings (SSSR count). The van der Waals surface area contributed by atoms with Gasteiger partial charge in [-0.2, -0.15) is 5.10 Å². The fourth-order valence-corrected chi connectivity index (χ4v) is 5.44. The van der Waals surface area contributed by atoms with Crippen LogP contribution in [0.25, 0.3) is 0 Å². The van der Waals surface area contributed by atoms with Crippen molar-refractivity contribution >= 4 is 40.0 Å². The molecule has 2 aliphatic carbocycles. The molecule has 10 nitrogen and oxygen atoms in total. The summed E-state index contributed by atoms with van der Waals surface area (Å²) in [6.07, 6.45) is 5.84. The minimum absolute atomic E-state index is 0.0120. The minimum atomic E-state index is -0.415. The summed E-state index contributed by atoms with van der Waals surface area (Å²) in [5, 5.41) is 19.6. The van der Waals surface area contributed by atoms with Gasteiger partial charge in [0, 0.05) is 30.0 Å². The summed E-state index contributed by atoms with van der Waals surface area (Å²) in [4.78, 5) is 26.1. The Labute approximate surface area is 189 Å². The Balaban J connectivity index is 1.43. The predicted octanol–water partition coefficient (Wildman–Crippen LogP) is 2.99. The SMILES string of the molecule is COC(=O)c1c(NC(=O)C2CC2)sc2c1CC(n1cnnc1Nc1cc(C)nn1C)CC2. The lowest BCUT2D eigenvalue weighted by Crippen LogP contribution is -2.21. The standard InChI is InChI=1S/C21H25N7O3S/c1-11-8-16(27(2)26-11)23-21-25-22-10-28(21)13-6-7-15-14(9-13)17(20(30)31-3)19(32-15)24-18(29)12-4-5-12/h8,10,12-13H,4-7,9H2,1-3H3,(H,23,25)(H,24,29). The van der Waals surface area contributed by atoms with Crippen LogP contribution in [0.3, 0.4) is 0 Å². The molecule has 1 amide bonds. The molecule has 0 radical (unpaired) electrons. The summed E-state index contributed by atoms with van der Waals surface area (Å²) < 4.78 is 8.83. The molecule has 1 unspecified atom stereocenters. The van der Waals surface area contributed by atoms with Gasteiger partial charge in [-0.3, -0.25) is 14.0 Å². The van der Waals surface area contributed by atoms with Crippen molar-refractivity contribution in [3.8, 4) is 0 Å². The first-order valence-electron chi connectivity index (χ1n) is 10.7. The van der Waals surface area contributed by atoms with Crippen LogP contribution in [0.4, 0.5) is 16.8 Å². The Morgan fingerprint density at radius 1 is 1.28 bits per heavy atom. The lowest BCUT2D eigenvalue weighted by molar-refractivity contribution is -0.117. The van der Waals surface area contributed by atoms with E-state index in [0.29, 0.717) is 22.9 Å². The first-order chi connectivity index (χ1) is 15.4. The highest BCUT2D eigenvalue weighted by Gasteiger charge is 2.34. The number of rotatable bonds is 6. The van der Waals surface area contributed by atoms with E-state index in [-0.39, 0.29) is 17.9 Å². The number of fused-ring (bicyclic) bond motifs is 1. The van der Waals surface area contributed by atoms with E-state index in [1.54, 1.807) is 11.0 Å². The molecule has 0 aromatic carbocycles. The van der Waals surface area contributed by atoms with Crippen molar-refractivity contribution < 1.29 is 14.3 Å². The third-order valence-corrected chi connectivity index (χ3v) is 7.22. The molecule has 2 N–H and O–H groups in total. The molecule has 32 heavy (non-hydrogen) atoms. The quantitative estimate of drug-likeness (QED) is 0.549. The highest BCUT2D eigenvalue weighted by atomic mass is 32.1. The maximum absolute atomic E-state index is 12.7. The molecule has 0 saturated heterocycles. The normalized spacial score (nSPS) is 17.7. The summed E-state index contributed by atoms with van der Waals surface area (Å²) in [5.41, 5.74) is 2.33. The highest BCUT2D eigenvalue weighted by Crippen LogP contribution is 2.42. The van der Waals surface area contributed by atoms with Crippen LogP contribution < -0.4 is 10.6 Å². The number of hydrogen-bond donors (Lipinski definition) is 2. The van der Waals surface area contributed by atoms with E-state index in [1.165, 1.54) is 18.4 Å². The van der Waals surface area contributed by atoms with Crippen LogP contribution in [0.2, 0.25) is 0 Å². The number of amides is 1. The second-order valence-corrected chi connectivity index (χ2v) is 9.45. The molecule has 1 fully saturated rings. The molecule has 0 aliphatic heterocycles. The van der Waals surface area contributed by atoms with Crippen LogP contribution in [0, 0.1) is 12.8 Å². The summed E-state index contributed by atoms with van der Waals surface area (Å²) in [6, 6.07) is 2.01. The number of carbonyl (C=O) groups excluding carboxylic acids is 2. The van der Waals surface area contributed by atoms with E-state index >= 15 is 0 Å². The first kappa shape index (κ1) is 20.7. The number of anilines is 3. The van der Waals surface area contributed by atoms with E-state index < -0.39 is 5.97 Å². The van der Waals surface area contributed by atoms with Gasteiger partial charge in [0.15, 0.2) is 0 Å². The number of hydrogen-bond acceptors (Lipinski definition) is 8. The molecule has 168 valence electrons. The minimum Gasteiger partial charge on any atom is -0.465 e. The van der Waals surface area contributed by atoms with Gasteiger partial charge in [-0.15, -0.1) is 21.5 Å². The summed E-state index contributed by atoms with van der Waals surface area (Å²) >= 11 is 1.49. The van der Waals surface area contributed by atoms with Crippen LogP contribution in [0.5, 0.6) is 0 Å². The van der Waals surface area contributed by atoms with Crippen molar-refractivity contribution in [3.05, 3.63) is 34.1 Å². The zero-order valence-electron chi connectivity index (χ0n) is 18.2. The third-order valence-electron chi connectivity index (χ3n) is 6.02. The first-order valence-corrected chi connectivity index (χ1v) is 11.5. The zero-order valence-corrected chi connectivity index (χ0v) is 19.0. The van der Waals surface area contributed by atoms with Gasteiger partial charge in [0.05, 0.1) is 18.4 Å². The zero-order chi connectivity index (χ0) is 22.4. The number of aromatic nitrogens is 5. The van der Waals surface area contributed by atoms with Crippen molar-refractivity contribution in [2.24, 2.45) is 13.0 Å². The summed E-state index contributed by atoms with van der Waals surface area (Å²) in [5.74, 6) is 1.08. The van der Waals surface area contributed by atoms with Gasteiger partial charge in [0.2, 0.25) is 11.9 Å². The number of nitrogens with zero attached hydrogens (tertiary/aromatic N) is 5. The van der Waals surface area contributed by atoms with E-state index in [4.69, 9.17) is 4.74 Å². The van der Waals surface area contributed by atoms with E-state index in [2.05, 4.69) is 25.9 Å². The maximum Gasteiger partial charge on any atom is 0.341 e. The molecular formula is C21H25N7O3S. The lowest BCUT2D eigenvalue weighted by atomic mass is 9.91. The van der Waals surface area contributed by atoms with Gasteiger partial charge in [-0.1, -0.05) is 0 Å². The van der Waals surface area contributed by atoms with Gasteiger partial charge in [0.25, 0.3) is 0 Å². The van der Waals surface area contributed by atoms with Crippen LogP contribution in [-0.4, -0.2) is 43.5 Å². The van der Waals surface area contributed by atoms with Gasteiger partial charge >= 0.3 is 5.97 Å². The number of nitrogens with one attached hydrogen (secondary N) is 2. The van der Waals surface area contributed by atoms with Gasteiger partial charge in [-0.05, 0) is 44.6 Å². The molecule has 0 spiro atoms. The Morgan fingerprint density at radius 3 is 2.78 bits per heavy atom. The average Bonchev–Trinajstić information content (AvgIpc) is 3.31. The third kappa shape index (κ3) is 3.77. The second-order valence-electron chi connectivity index (χ2n) is 8.34. The molecule has 11 heteroatoms. The van der Waals surface area contributed by atoms with Gasteiger partial charge in [0.1, 0.15) is 17.1 Å². The van der Waals surface area contributed by atoms with Crippen molar-refractivity contribution in [2.45, 2.75) is 45.1 Å². The number of ether oxygens (including phenoxy) is 1. The summed E-state index contributed by atoms with van der Waals surface area (Å²) in [7, 11) is 3.24. The summed E-state index contributed by atoms with van der Waals surface area (Å²) in [6.45, 7) is 1.93. The Hall–Kier alpha value is -3.21. The number of methoxy groups -OCH3 is 1. The van der Waals surface area contributed by atoms with Crippen LogP contribution in [-0.2, 0) is 29.4 Å². The topological polar surface area (TPSA) is 116 Å². The van der Waals surface area contributed by atoms with Crippen LogP contribution in [0.1, 0.15) is 51.8 Å². The van der Waals surface area contributed by atoms with Crippen molar-refractivity contribution in [3.63, 3.8) is 0 Å². The Kier molecular flexibility index (Phi) is 5.20. The fraction of sp³-hybridized carbons (Fsp3) is 0.476. The molecule has 3 heterocycles. The van der Waals surface area contributed by atoms with Crippen LogP contribution in [0.15, 0.2) is 12.4 Å². The molecule has 0 bridgehead atoms.